The molecule has 160 valence electrons. The standard InChI is InChI=1S/C22H22ClF3N2O2/c1-3-20-27-18-11-16(22(24,25)26)17(23)12-19(18)28(20)15-7-5-14(6-8-15)10-13(2)4-9-21(29)30/h5-8,11-13H,3-4,9-10H2,1-2H3,(H,29,30). The van der Waals surface area contributed by atoms with Crippen molar-refractivity contribution in [2.45, 2.75) is 45.7 Å². The molecule has 1 unspecified atom stereocenters. The number of rotatable bonds is 7. The van der Waals surface area contributed by atoms with E-state index in [1.807, 2.05) is 42.7 Å². The number of alkyl halides is 3. The predicted molar refractivity (Wildman–Crippen MR) is 110 cm³/mol. The number of carbonyl (C=O) groups is 1. The molecule has 30 heavy (non-hydrogen) atoms. The van der Waals surface area contributed by atoms with E-state index in [-0.39, 0.29) is 22.9 Å². The minimum atomic E-state index is -4.54. The Labute approximate surface area is 177 Å². The number of aromatic nitrogens is 2. The van der Waals surface area contributed by atoms with Gasteiger partial charge < -0.3 is 5.11 Å². The molecule has 0 amide bonds. The van der Waals surface area contributed by atoms with Crippen LogP contribution in [0.4, 0.5) is 13.2 Å². The van der Waals surface area contributed by atoms with Gasteiger partial charge in [-0.25, -0.2) is 4.98 Å². The van der Waals surface area contributed by atoms with Crippen LogP contribution in [0, 0.1) is 5.92 Å². The largest absolute Gasteiger partial charge is 0.481 e. The van der Waals surface area contributed by atoms with E-state index in [4.69, 9.17) is 16.7 Å². The van der Waals surface area contributed by atoms with Crippen LogP contribution in [0.25, 0.3) is 16.7 Å². The van der Waals surface area contributed by atoms with E-state index in [1.54, 1.807) is 0 Å². The van der Waals surface area contributed by atoms with Crippen LogP contribution in [0.5, 0.6) is 0 Å². The molecule has 0 spiro atoms. The molecule has 0 aliphatic rings. The molecule has 0 fully saturated rings. The van der Waals surface area contributed by atoms with Crippen LogP contribution < -0.4 is 0 Å². The molecule has 1 atom stereocenters. The third kappa shape index (κ3) is 4.78. The van der Waals surface area contributed by atoms with Gasteiger partial charge in [-0.15, -0.1) is 0 Å². The zero-order valence-electron chi connectivity index (χ0n) is 16.6. The summed E-state index contributed by atoms with van der Waals surface area (Å²) >= 11 is 5.93. The Morgan fingerprint density at radius 1 is 1.23 bits per heavy atom. The summed E-state index contributed by atoms with van der Waals surface area (Å²) in [5.74, 6) is 0.0680. The fourth-order valence-electron chi connectivity index (χ4n) is 3.55. The van der Waals surface area contributed by atoms with E-state index in [0.717, 1.165) is 23.7 Å². The topological polar surface area (TPSA) is 55.1 Å². The lowest BCUT2D eigenvalue weighted by Crippen LogP contribution is -2.06. The lowest BCUT2D eigenvalue weighted by molar-refractivity contribution is -0.138. The molecule has 0 aliphatic heterocycles. The maximum Gasteiger partial charge on any atom is 0.417 e. The molecule has 1 heterocycles. The fraction of sp³-hybridized carbons (Fsp3) is 0.364. The molecule has 3 rings (SSSR count). The van der Waals surface area contributed by atoms with Gasteiger partial charge in [0.2, 0.25) is 0 Å². The van der Waals surface area contributed by atoms with Crippen molar-refractivity contribution in [1.29, 1.82) is 0 Å². The molecule has 3 aromatic rings. The number of fused-ring (bicyclic) bond motifs is 1. The van der Waals surface area contributed by atoms with Gasteiger partial charge in [-0.05, 0) is 48.6 Å². The van der Waals surface area contributed by atoms with Gasteiger partial charge >= 0.3 is 12.1 Å². The first-order valence-electron chi connectivity index (χ1n) is 9.69. The fourth-order valence-corrected chi connectivity index (χ4v) is 3.81. The average Bonchev–Trinajstić information content (AvgIpc) is 3.03. The quantitative estimate of drug-likeness (QED) is 0.470. The Balaban J connectivity index is 1.94. The summed E-state index contributed by atoms with van der Waals surface area (Å²) in [7, 11) is 0. The van der Waals surface area contributed by atoms with Gasteiger partial charge in [0.15, 0.2) is 0 Å². The predicted octanol–water partition coefficient (Wildman–Crippen LogP) is 6.30. The summed E-state index contributed by atoms with van der Waals surface area (Å²) in [6, 6.07) is 9.99. The second kappa shape index (κ2) is 8.68. The number of hydrogen-bond acceptors (Lipinski definition) is 2. The van der Waals surface area contributed by atoms with Gasteiger partial charge in [0.25, 0.3) is 0 Å². The number of carboxylic acid groups (broad SMARTS) is 1. The van der Waals surface area contributed by atoms with Crippen molar-refractivity contribution in [1.82, 2.24) is 9.55 Å². The minimum absolute atomic E-state index is 0.140. The molecular weight excluding hydrogens is 417 g/mol. The summed E-state index contributed by atoms with van der Waals surface area (Å²) in [6.45, 7) is 3.90. The lowest BCUT2D eigenvalue weighted by Gasteiger charge is -2.13. The van der Waals surface area contributed by atoms with E-state index in [0.29, 0.717) is 24.2 Å². The molecule has 4 nitrogen and oxygen atoms in total. The summed E-state index contributed by atoms with van der Waals surface area (Å²) in [5, 5.41) is 8.45. The first-order valence-corrected chi connectivity index (χ1v) is 10.1. The van der Waals surface area contributed by atoms with Crippen molar-refractivity contribution in [3.63, 3.8) is 0 Å². The molecule has 8 heteroatoms. The third-order valence-electron chi connectivity index (χ3n) is 5.06. The second-order valence-corrected chi connectivity index (χ2v) is 7.85. The molecule has 0 saturated carbocycles. The summed E-state index contributed by atoms with van der Waals surface area (Å²) in [5.41, 5.74) is 1.72. The molecule has 0 bridgehead atoms. The van der Waals surface area contributed by atoms with Gasteiger partial charge in [-0.1, -0.05) is 37.6 Å². The summed E-state index contributed by atoms with van der Waals surface area (Å²) in [6.07, 6.45) is -2.51. The highest BCUT2D eigenvalue weighted by molar-refractivity contribution is 6.32. The van der Waals surface area contributed by atoms with Gasteiger partial charge in [0, 0.05) is 18.5 Å². The van der Waals surface area contributed by atoms with Crippen molar-refractivity contribution in [2.24, 2.45) is 5.92 Å². The maximum absolute atomic E-state index is 13.2. The normalized spacial score (nSPS) is 13.0. The molecule has 2 aromatic carbocycles. The number of aryl methyl sites for hydroxylation is 1. The Hall–Kier alpha value is -2.54. The van der Waals surface area contributed by atoms with Crippen LogP contribution in [0.1, 0.15) is 43.6 Å². The van der Waals surface area contributed by atoms with Crippen LogP contribution in [0.15, 0.2) is 36.4 Å². The van der Waals surface area contributed by atoms with E-state index < -0.39 is 17.7 Å². The minimum Gasteiger partial charge on any atom is -0.481 e. The van der Waals surface area contributed by atoms with E-state index in [1.165, 1.54) is 6.07 Å². The molecular formula is C22H22ClF3N2O2. The number of aliphatic carboxylic acids is 1. The number of benzene rings is 2. The zero-order chi connectivity index (χ0) is 22.1. The molecule has 1 aromatic heterocycles. The molecule has 0 saturated heterocycles. The third-order valence-corrected chi connectivity index (χ3v) is 5.38. The summed E-state index contributed by atoms with van der Waals surface area (Å²) < 4.78 is 41.4. The van der Waals surface area contributed by atoms with Gasteiger partial charge in [-0.2, -0.15) is 13.2 Å². The van der Waals surface area contributed by atoms with Crippen LogP contribution in [0.2, 0.25) is 5.02 Å². The second-order valence-electron chi connectivity index (χ2n) is 7.44. The van der Waals surface area contributed by atoms with E-state index >= 15 is 0 Å². The lowest BCUT2D eigenvalue weighted by atomic mass is 9.96. The van der Waals surface area contributed by atoms with Crippen LogP contribution in [-0.2, 0) is 23.8 Å². The summed E-state index contributed by atoms with van der Waals surface area (Å²) in [4.78, 5) is 15.1. The van der Waals surface area contributed by atoms with Gasteiger partial charge in [-0.3, -0.25) is 9.36 Å². The van der Waals surface area contributed by atoms with Gasteiger partial charge in [0.05, 0.1) is 21.6 Å². The maximum atomic E-state index is 13.2. The van der Waals surface area contributed by atoms with E-state index in [9.17, 15) is 18.0 Å². The SMILES string of the molecule is CCc1nc2cc(C(F)(F)F)c(Cl)cc2n1-c1ccc(CC(C)CCC(=O)O)cc1. The number of imidazole rings is 1. The number of halogens is 4. The van der Waals surface area contributed by atoms with Crippen LogP contribution in [0.3, 0.4) is 0 Å². The van der Waals surface area contributed by atoms with Crippen molar-refractivity contribution in [3.05, 3.63) is 58.4 Å². The van der Waals surface area contributed by atoms with Crippen molar-refractivity contribution < 1.29 is 23.1 Å². The first kappa shape index (κ1) is 22.2. The highest BCUT2D eigenvalue weighted by Crippen LogP contribution is 2.37. The molecule has 1 N–H and O–H groups in total. The zero-order valence-corrected chi connectivity index (χ0v) is 17.4. The Bertz CT molecular complexity index is 1060. The monoisotopic (exact) mass is 438 g/mol. The van der Waals surface area contributed by atoms with Gasteiger partial charge in [0.1, 0.15) is 5.82 Å². The highest BCUT2D eigenvalue weighted by atomic mass is 35.5. The number of nitrogens with zero attached hydrogens (tertiary/aromatic N) is 2. The average molecular weight is 439 g/mol. The van der Waals surface area contributed by atoms with Crippen LogP contribution in [-0.4, -0.2) is 20.6 Å². The first-order chi connectivity index (χ1) is 14.1. The molecule has 0 radical (unpaired) electrons. The van der Waals surface area contributed by atoms with Crippen molar-refractivity contribution in [2.75, 3.05) is 0 Å². The van der Waals surface area contributed by atoms with Crippen molar-refractivity contribution >= 4 is 28.6 Å². The number of carboxylic acids is 1. The Morgan fingerprint density at radius 2 is 1.90 bits per heavy atom. The smallest absolute Gasteiger partial charge is 0.417 e. The Morgan fingerprint density at radius 3 is 2.47 bits per heavy atom. The number of hydrogen-bond donors (Lipinski definition) is 1. The Kier molecular flexibility index (Phi) is 6.41. The van der Waals surface area contributed by atoms with Crippen molar-refractivity contribution in [3.8, 4) is 5.69 Å². The van der Waals surface area contributed by atoms with Crippen LogP contribution >= 0.6 is 11.6 Å². The highest BCUT2D eigenvalue weighted by Gasteiger charge is 2.34. The van der Waals surface area contributed by atoms with E-state index in [2.05, 4.69) is 4.98 Å². The molecule has 0 aliphatic carbocycles.